The number of aryl methyl sites for hydroxylation is 1. The molecule has 1 fully saturated rings. The molecule has 1 aromatic heterocycles. The summed E-state index contributed by atoms with van der Waals surface area (Å²) in [7, 11) is 3.06. The Labute approximate surface area is 132 Å². The molecule has 9 heteroatoms. The zero-order chi connectivity index (χ0) is 14.0. The first-order chi connectivity index (χ1) is 8.90. The number of hydrogen-bond donors (Lipinski definition) is 2. The zero-order valence-corrected chi connectivity index (χ0v) is 13.5. The van der Waals surface area contributed by atoms with Crippen LogP contribution in [0.5, 0.6) is 0 Å². The molecule has 0 saturated heterocycles. The van der Waals surface area contributed by atoms with E-state index in [9.17, 15) is 13.2 Å². The third-order valence-corrected chi connectivity index (χ3v) is 2.76. The Bertz CT molecular complexity index is 479. The molecule has 1 aliphatic carbocycles. The summed E-state index contributed by atoms with van der Waals surface area (Å²) in [6.07, 6.45) is -0.936. The van der Waals surface area contributed by atoms with Crippen molar-refractivity contribution in [1.82, 2.24) is 20.4 Å². The van der Waals surface area contributed by atoms with Crippen molar-refractivity contribution < 1.29 is 13.2 Å². The SMILES string of the molecule is CN=C(NCc1cn(C)nc1C(F)(F)F)NC1CC1.I. The average Bonchev–Trinajstić information content (AvgIpc) is 3.05. The highest BCUT2D eigenvalue weighted by molar-refractivity contribution is 14.0. The first kappa shape index (κ1) is 17.1. The van der Waals surface area contributed by atoms with Gasteiger partial charge in [0.2, 0.25) is 0 Å². The number of nitrogens with zero attached hydrogens (tertiary/aromatic N) is 3. The molecule has 0 unspecified atom stereocenters. The minimum absolute atomic E-state index is 0. The van der Waals surface area contributed by atoms with Crippen molar-refractivity contribution in [2.24, 2.45) is 12.0 Å². The lowest BCUT2D eigenvalue weighted by molar-refractivity contribution is -0.142. The summed E-state index contributed by atoms with van der Waals surface area (Å²) in [6.45, 7) is 0.0368. The highest BCUT2D eigenvalue weighted by atomic mass is 127. The number of hydrogen-bond acceptors (Lipinski definition) is 2. The van der Waals surface area contributed by atoms with Crippen molar-refractivity contribution in [1.29, 1.82) is 0 Å². The second kappa shape index (κ2) is 6.64. The van der Waals surface area contributed by atoms with Crippen molar-refractivity contribution in [2.45, 2.75) is 31.6 Å². The number of rotatable bonds is 3. The van der Waals surface area contributed by atoms with Gasteiger partial charge in [-0.25, -0.2) is 0 Å². The first-order valence-corrected chi connectivity index (χ1v) is 5.97. The highest BCUT2D eigenvalue weighted by Gasteiger charge is 2.36. The maximum atomic E-state index is 12.7. The monoisotopic (exact) mass is 403 g/mol. The fourth-order valence-corrected chi connectivity index (χ4v) is 1.70. The smallest absolute Gasteiger partial charge is 0.354 e. The molecule has 0 amide bonds. The van der Waals surface area contributed by atoms with E-state index in [1.807, 2.05) is 0 Å². The molecule has 0 bridgehead atoms. The molecular formula is C11H17F3IN5. The van der Waals surface area contributed by atoms with Gasteiger partial charge in [0.25, 0.3) is 0 Å². The Hall–Kier alpha value is -1.00. The van der Waals surface area contributed by atoms with Gasteiger partial charge in [-0.2, -0.15) is 18.3 Å². The standard InChI is InChI=1S/C11H16F3N5.HI/c1-15-10(17-8-3-4-8)16-5-7-6-19(2)18-9(7)11(12,13)14;/h6,8H,3-5H2,1-2H3,(H2,15,16,17);1H. The van der Waals surface area contributed by atoms with Gasteiger partial charge in [-0.15, -0.1) is 24.0 Å². The molecule has 5 nitrogen and oxygen atoms in total. The van der Waals surface area contributed by atoms with E-state index in [1.54, 1.807) is 7.05 Å². The largest absolute Gasteiger partial charge is 0.435 e. The first-order valence-electron chi connectivity index (χ1n) is 5.97. The van der Waals surface area contributed by atoms with Crippen LogP contribution in [0.2, 0.25) is 0 Å². The van der Waals surface area contributed by atoms with Crippen LogP contribution in [0.1, 0.15) is 24.1 Å². The third-order valence-electron chi connectivity index (χ3n) is 2.76. The summed E-state index contributed by atoms with van der Waals surface area (Å²) in [5.41, 5.74) is -0.752. The molecule has 1 heterocycles. The molecule has 1 aliphatic rings. The molecule has 114 valence electrons. The van der Waals surface area contributed by atoms with Crippen LogP contribution in [0.15, 0.2) is 11.2 Å². The lowest BCUT2D eigenvalue weighted by atomic mass is 10.2. The van der Waals surface area contributed by atoms with E-state index >= 15 is 0 Å². The van der Waals surface area contributed by atoms with Crippen LogP contribution in [-0.4, -0.2) is 28.8 Å². The van der Waals surface area contributed by atoms with Crippen LogP contribution in [-0.2, 0) is 19.8 Å². The minimum Gasteiger partial charge on any atom is -0.354 e. The summed E-state index contributed by atoms with van der Waals surface area (Å²) in [5.74, 6) is 0.513. The van der Waals surface area contributed by atoms with Gasteiger partial charge in [-0.1, -0.05) is 0 Å². The maximum absolute atomic E-state index is 12.7. The Morgan fingerprint density at radius 2 is 2.15 bits per heavy atom. The average molecular weight is 403 g/mol. The molecule has 2 rings (SSSR count). The minimum atomic E-state index is -4.44. The van der Waals surface area contributed by atoms with Crippen molar-refractivity contribution >= 4 is 29.9 Å². The molecule has 1 saturated carbocycles. The Kier molecular flexibility index (Phi) is 5.66. The summed E-state index contributed by atoms with van der Waals surface area (Å²) in [5, 5.41) is 9.43. The van der Waals surface area contributed by atoms with Gasteiger partial charge in [0.1, 0.15) is 0 Å². The van der Waals surface area contributed by atoms with E-state index in [-0.39, 0.29) is 36.1 Å². The molecule has 2 N–H and O–H groups in total. The number of nitrogens with one attached hydrogen (secondary N) is 2. The summed E-state index contributed by atoms with van der Waals surface area (Å²) >= 11 is 0. The van der Waals surface area contributed by atoms with E-state index in [1.165, 1.54) is 13.2 Å². The number of halogens is 4. The Morgan fingerprint density at radius 3 is 2.65 bits per heavy atom. The van der Waals surface area contributed by atoms with Gasteiger partial charge < -0.3 is 10.6 Å². The second-order valence-corrected chi connectivity index (χ2v) is 4.52. The van der Waals surface area contributed by atoms with E-state index in [0.717, 1.165) is 17.5 Å². The highest BCUT2D eigenvalue weighted by Crippen LogP contribution is 2.30. The topological polar surface area (TPSA) is 54.2 Å². The molecule has 0 atom stereocenters. The molecule has 1 aromatic rings. The van der Waals surface area contributed by atoms with E-state index < -0.39 is 11.9 Å². The van der Waals surface area contributed by atoms with Gasteiger partial charge in [0.05, 0.1) is 0 Å². The summed E-state index contributed by atoms with van der Waals surface area (Å²) in [6, 6.07) is 0.391. The third kappa shape index (κ3) is 4.53. The van der Waals surface area contributed by atoms with E-state index in [2.05, 4.69) is 20.7 Å². The van der Waals surface area contributed by atoms with Crippen LogP contribution in [0.25, 0.3) is 0 Å². The fraction of sp³-hybridized carbons (Fsp3) is 0.636. The summed E-state index contributed by atoms with van der Waals surface area (Å²) in [4.78, 5) is 3.97. The lowest BCUT2D eigenvalue weighted by Gasteiger charge is -2.11. The number of aromatic nitrogens is 2. The van der Waals surface area contributed by atoms with Gasteiger partial charge in [0, 0.05) is 38.4 Å². The maximum Gasteiger partial charge on any atom is 0.435 e. The summed E-state index contributed by atoms with van der Waals surface area (Å²) < 4.78 is 39.4. The molecule has 0 spiro atoms. The Balaban J connectivity index is 0.00000200. The van der Waals surface area contributed by atoms with Crippen molar-refractivity contribution in [3.8, 4) is 0 Å². The van der Waals surface area contributed by atoms with Crippen LogP contribution in [0.4, 0.5) is 13.2 Å². The number of alkyl halides is 3. The molecule has 0 radical (unpaired) electrons. The predicted octanol–water partition coefficient (Wildman–Crippen LogP) is 1.88. The predicted molar refractivity (Wildman–Crippen MR) is 80.0 cm³/mol. The number of aliphatic imine (C=N–C) groups is 1. The van der Waals surface area contributed by atoms with Gasteiger partial charge in [-0.05, 0) is 12.8 Å². The lowest BCUT2D eigenvalue weighted by Crippen LogP contribution is -2.38. The normalized spacial score (nSPS) is 15.8. The van der Waals surface area contributed by atoms with Crippen molar-refractivity contribution in [3.63, 3.8) is 0 Å². The van der Waals surface area contributed by atoms with Gasteiger partial charge in [0.15, 0.2) is 11.7 Å². The molecule has 0 aliphatic heterocycles. The fourth-order valence-electron chi connectivity index (χ4n) is 1.70. The van der Waals surface area contributed by atoms with Crippen LogP contribution in [0, 0.1) is 0 Å². The van der Waals surface area contributed by atoms with Crippen LogP contribution in [0.3, 0.4) is 0 Å². The second-order valence-electron chi connectivity index (χ2n) is 4.52. The van der Waals surface area contributed by atoms with E-state index in [4.69, 9.17) is 0 Å². The zero-order valence-electron chi connectivity index (χ0n) is 11.2. The van der Waals surface area contributed by atoms with E-state index in [0.29, 0.717) is 12.0 Å². The van der Waals surface area contributed by atoms with Gasteiger partial charge in [-0.3, -0.25) is 9.67 Å². The van der Waals surface area contributed by atoms with Crippen LogP contribution < -0.4 is 10.6 Å². The number of guanidine groups is 1. The van der Waals surface area contributed by atoms with Crippen LogP contribution >= 0.6 is 24.0 Å². The quantitative estimate of drug-likeness (QED) is 0.461. The van der Waals surface area contributed by atoms with Gasteiger partial charge >= 0.3 is 6.18 Å². The Morgan fingerprint density at radius 1 is 1.50 bits per heavy atom. The molecule has 20 heavy (non-hydrogen) atoms. The molecular weight excluding hydrogens is 386 g/mol. The van der Waals surface area contributed by atoms with Crippen molar-refractivity contribution in [2.75, 3.05) is 7.05 Å². The molecule has 0 aromatic carbocycles. The van der Waals surface area contributed by atoms with Crippen molar-refractivity contribution in [3.05, 3.63) is 17.5 Å².